The van der Waals surface area contributed by atoms with Gasteiger partial charge in [-0.2, -0.15) is 0 Å². The Labute approximate surface area is 171 Å². The maximum Gasteiger partial charge on any atom is 0.337 e. The first-order chi connectivity index (χ1) is 14.2. The van der Waals surface area contributed by atoms with E-state index in [2.05, 4.69) is 16.9 Å². The van der Waals surface area contributed by atoms with Crippen LogP contribution in [0.4, 0.5) is 0 Å². The van der Waals surface area contributed by atoms with Crippen molar-refractivity contribution in [2.24, 2.45) is 0 Å². The number of nitrogens with zero attached hydrogens (tertiary/aromatic N) is 2. The van der Waals surface area contributed by atoms with E-state index in [1.807, 2.05) is 42.5 Å². The van der Waals surface area contributed by atoms with E-state index in [1.165, 1.54) is 26.4 Å². The molecule has 2 aromatic carbocycles. The summed E-state index contributed by atoms with van der Waals surface area (Å²) in [5, 5.41) is 0. The largest absolute Gasteiger partial charge is 0.494 e. The molecule has 0 N–H and O–H groups in total. The Morgan fingerprint density at radius 2 is 1.62 bits per heavy atom. The lowest BCUT2D eigenvalue weighted by Crippen LogP contribution is -2.00. The average molecular weight is 390 g/mol. The number of unbranched alkanes of at least 4 members (excludes halogenated alkanes) is 3. The standard InChI is InChI=1S/C24H26N2O3/c1-3-4-5-6-17-29-21-13-11-19(12-14-21)23-25-16-15-22(26-23)18-7-9-20(10-8-18)24(27)28-2/h7-16H,3-6,17H2,1-2H3. The molecule has 0 bridgehead atoms. The van der Waals surface area contributed by atoms with Crippen molar-refractivity contribution in [2.45, 2.75) is 32.6 Å². The number of methoxy groups -OCH3 is 1. The van der Waals surface area contributed by atoms with Crippen molar-refractivity contribution >= 4 is 5.97 Å². The summed E-state index contributed by atoms with van der Waals surface area (Å²) in [7, 11) is 1.37. The van der Waals surface area contributed by atoms with Gasteiger partial charge in [-0.15, -0.1) is 0 Å². The van der Waals surface area contributed by atoms with E-state index in [-0.39, 0.29) is 5.97 Å². The monoisotopic (exact) mass is 390 g/mol. The van der Waals surface area contributed by atoms with Crippen molar-refractivity contribution in [3.8, 4) is 28.4 Å². The van der Waals surface area contributed by atoms with Gasteiger partial charge >= 0.3 is 5.97 Å². The molecule has 5 nitrogen and oxygen atoms in total. The predicted molar refractivity (Wildman–Crippen MR) is 114 cm³/mol. The summed E-state index contributed by atoms with van der Waals surface area (Å²) in [5.41, 5.74) is 3.14. The van der Waals surface area contributed by atoms with Crippen molar-refractivity contribution in [2.75, 3.05) is 13.7 Å². The number of aromatic nitrogens is 2. The molecule has 150 valence electrons. The quantitative estimate of drug-likeness (QED) is 0.354. The third-order valence-corrected chi connectivity index (χ3v) is 4.64. The normalized spacial score (nSPS) is 10.6. The van der Waals surface area contributed by atoms with Gasteiger partial charge in [-0.25, -0.2) is 14.8 Å². The van der Waals surface area contributed by atoms with Gasteiger partial charge in [-0.3, -0.25) is 0 Å². The molecule has 1 aromatic heterocycles. The van der Waals surface area contributed by atoms with Gasteiger partial charge in [0, 0.05) is 17.3 Å². The summed E-state index contributed by atoms with van der Waals surface area (Å²) >= 11 is 0. The molecule has 3 rings (SSSR count). The van der Waals surface area contributed by atoms with E-state index in [1.54, 1.807) is 18.3 Å². The maximum atomic E-state index is 11.6. The highest BCUT2D eigenvalue weighted by Crippen LogP contribution is 2.23. The summed E-state index contributed by atoms with van der Waals surface area (Å²) < 4.78 is 10.5. The summed E-state index contributed by atoms with van der Waals surface area (Å²) in [6, 6.07) is 16.9. The fourth-order valence-corrected chi connectivity index (χ4v) is 2.97. The molecular formula is C24H26N2O3. The molecule has 3 aromatic rings. The molecule has 0 spiro atoms. The van der Waals surface area contributed by atoms with Crippen molar-refractivity contribution < 1.29 is 14.3 Å². The fraction of sp³-hybridized carbons (Fsp3) is 0.292. The number of carbonyl (C=O) groups excluding carboxylic acids is 1. The molecule has 0 radical (unpaired) electrons. The van der Waals surface area contributed by atoms with Crippen LogP contribution in [0.25, 0.3) is 22.6 Å². The molecule has 5 heteroatoms. The van der Waals surface area contributed by atoms with Crippen LogP contribution in [0, 0.1) is 0 Å². The molecule has 0 unspecified atom stereocenters. The van der Waals surface area contributed by atoms with Crippen LogP contribution in [0.2, 0.25) is 0 Å². The van der Waals surface area contributed by atoms with E-state index in [4.69, 9.17) is 9.47 Å². The van der Waals surface area contributed by atoms with Crippen molar-refractivity contribution in [1.29, 1.82) is 0 Å². The van der Waals surface area contributed by atoms with Gasteiger partial charge in [0.25, 0.3) is 0 Å². The lowest BCUT2D eigenvalue weighted by Gasteiger charge is -2.08. The Hall–Kier alpha value is -3.21. The van der Waals surface area contributed by atoms with E-state index in [0.29, 0.717) is 11.4 Å². The second-order valence-electron chi connectivity index (χ2n) is 6.77. The fourth-order valence-electron chi connectivity index (χ4n) is 2.97. The van der Waals surface area contributed by atoms with Crippen LogP contribution >= 0.6 is 0 Å². The van der Waals surface area contributed by atoms with Crippen molar-refractivity contribution in [1.82, 2.24) is 9.97 Å². The predicted octanol–water partition coefficient (Wildman–Crippen LogP) is 5.56. The zero-order chi connectivity index (χ0) is 20.5. The van der Waals surface area contributed by atoms with Gasteiger partial charge < -0.3 is 9.47 Å². The van der Waals surface area contributed by atoms with Gasteiger partial charge in [0.1, 0.15) is 5.75 Å². The lowest BCUT2D eigenvalue weighted by atomic mass is 10.1. The van der Waals surface area contributed by atoms with Crippen LogP contribution in [0.1, 0.15) is 43.0 Å². The molecule has 1 heterocycles. The highest BCUT2D eigenvalue weighted by molar-refractivity contribution is 5.89. The minimum absolute atomic E-state index is 0.354. The number of rotatable bonds is 9. The maximum absolute atomic E-state index is 11.6. The number of benzene rings is 2. The van der Waals surface area contributed by atoms with Crippen molar-refractivity contribution in [3.63, 3.8) is 0 Å². The number of hydrogen-bond donors (Lipinski definition) is 0. The van der Waals surface area contributed by atoms with Crippen LogP contribution in [0.5, 0.6) is 5.75 Å². The lowest BCUT2D eigenvalue weighted by molar-refractivity contribution is 0.0600. The molecule has 0 aliphatic rings. The second-order valence-corrected chi connectivity index (χ2v) is 6.77. The van der Waals surface area contributed by atoms with E-state index < -0.39 is 0 Å². The van der Waals surface area contributed by atoms with Gasteiger partial charge in [-0.1, -0.05) is 38.3 Å². The third-order valence-electron chi connectivity index (χ3n) is 4.64. The molecule has 0 saturated heterocycles. The first kappa shape index (κ1) is 20.5. The molecule has 29 heavy (non-hydrogen) atoms. The smallest absolute Gasteiger partial charge is 0.337 e. The summed E-state index contributed by atoms with van der Waals surface area (Å²) in [6.07, 6.45) is 6.50. The Kier molecular flexibility index (Phi) is 7.34. The van der Waals surface area contributed by atoms with Gasteiger partial charge in [0.2, 0.25) is 0 Å². The topological polar surface area (TPSA) is 61.3 Å². The van der Waals surface area contributed by atoms with Crippen LogP contribution in [0.3, 0.4) is 0 Å². The average Bonchev–Trinajstić information content (AvgIpc) is 2.79. The van der Waals surface area contributed by atoms with Gasteiger partial charge in [0.05, 0.1) is 25.0 Å². The van der Waals surface area contributed by atoms with Crippen molar-refractivity contribution in [3.05, 3.63) is 66.4 Å². The third kappa shape index (κ3) is 5.64. The summed E-state index contributed by atoms with van der Waals surface area (Å²) in [5.74, 6) is 1.15. The minimum Gasteiger partial charge on any atom is -0.494 e. The molecular weight excluding hydrogens is 364 g/mol. The van der Waals surface area contributed by atoms with E-state index in [9.17, 15) is 4.79 Å². The Morgan fingerprint density at radius 3 is 2.31 bits per heavy atom. The SMILES string of the molecule is CCCCCCOc1ccc(-c2nccc(-c3ccc(C(=O)OC)cc3)n2)cc1. The van der Waals surface area contributed by atoms with Crippen LogP contribution < -0.4 is 4.74 Å². The Balaban J connectivity index is 1.68. The number of ether oxygens (including phenoxy) is 2. The summed E-state index contributed by atoms with van der Waals surface area (Å²) in [6.45, 7) is 2.95. The Bertz CT molecular complexity index is 922. The zero-order valence-corrected chi connectivity index (χ0v) is 16.9. The van der Waals surface area contributed by atoms with E-state index >= 15 is 0 Å². The highest BCUT2D eigenvalue weighted by atomic mass is 16.5. The molecule has 0 fully saturated rings. The van der Waals surface area contributed by atoms with Crippen LogP contribution in [0.15, 0.2) is 60.8 Å². The molecule has 0 amide bonds. The van der Waals surface area contributed by atoms with Crippen LogP contribution in [-0.4, -0.2) is 29.7 Å². The molecule has 0 aliphatic carbocycles. The van der Waals surface area contributed by atoms with Crippen LogP contribution in [-0.2, 0) is 4.74 Å². The first-order valence-corrected chi connectivity index (χ1v) is 9.96. The first-order valence-electron chi connectivity index (χ1n) is 9.96. The minimum atomic E-state index is -0.354. The van der Waals surface area contributed by atoms with E-state index in [0.717, 1.165) is 35.6 Å². The molecule has 0 atom stereocenters. The second kappa shape index (κ2) is 10.4. The summed E-state index contributed by atoms with van der Waals surface area (Å²) in [4.78, 5) is 20.6. The zero-order valence-electron chi connectivity index (χ0n) is 16.9. The van der Waals surface area contributed by atoms with Gasteiger partial charge in [0.15, 0.2) is 5.82 Å². The highest BCUT2D eigenvalue weighted by Gasteiger charge is 2.08. The number of esters is 1. The number of carbonyl (C=O) groups is 1. The molecule has 0 saturated carbocycles. The number of hydrogen-bond acceptors (Lipinski definition) is 5. The Morgan fingerprint density at radius 1 is 0.897 bits per heavy atom. The molecule has 0 aliphatic heterocycles. The van der Waals surface area contributed by atoms with Gasteiger partial charge in [-0.05, 0) is 48.9 Å².